The quantitative estimate of drug-likeness (QED) is 0.752. The summed E-state index contributed by atoms with van der Waals surface area (Å²) in [6.45, 7) is 0.640. The first-order valence-corrected chi connectivity index (χ1v) is 8.14. The molecule has 0 fully saturated rings. The Balaban J connectivity index is 1.82. The molecule has 1 aromatic carbocycles. The van der Waals surface area contributed by atoms with Gasteiger partial charge in [-0.1, -0.05) is 23.7 Å². The minimum Gasteiger partial charge on any atom is -0.357 e. The fourth-order valence-electron chi connectivity index (χ4n) is 3.14. The van der Waals surface area contributed by atoms with Gasteiger partial charge in [-0.15, -0.1) is 0 Å². The van der Waals surface area contributed by atoms with E-state index in [1.165, 1.54) is 0 Å². The highest BCUT2D eigenvalue weighted by atomic mass is 35.5. The highest BCUT2D eigenvalue weighted by Gasteiger charge is 2.27. The van der Waals surface area contributed by atoms with E-state index in [1.54, 1.807) is 12.4 Å². The predicted molar refractivity (Wildman–Crippen MR) is 92.1 cm³/mol. The number of halogens is 1. The first-order chi connectivity index (χ1) is 11.7. The molecule has 4 rings (SSSR count). The molecule has 1 aliphatic rings. The number of carbonyl (C=O) groups is 1. The van der Waals surface area contributed by atoms with Crippen LogP contribution in [0.4, 0.5) is 0 Å². The summed E-state index contributed by atoms with van der Waals surface area (Å²) in [6.07, 6.45) is 4.15. The number of nitrogens with one attached hydrogen (secondary N) is 2. The van der Waals surface area contributed by atoms with Crippen LogP contribution in [0.3, 0.4) is 0 Å². The highest BCUT2D eigenvalue weighted by Crippen LogP contribution is 2.34. The number of aromatic nitrogens is 3. The van der Waals surface area contributed by atoms with Crippen molar-refractivity contribution in [3.05, 3.63) is 70.6 Å². The molecule has 1 unspecified atom stereocenters. The lowest BCUT2D eigenvalue weighted by Crippen LogP contribution is -2.22. The Morgan fingerprint density at radius 1 is 1.12 bits per heavy atom. The second kappa shape index (κ2) is 6.09. The first-order valence-electron chi connectivity index (χ1n) is 7.76. The number of hydrogen-bond donors (Lipinski definition) is 2. The summed E-state index contributed by atoms with van der Waals surface area (Å²) in [7, 11) is 0. The van der Waals surface area contributed by atoms with Crippen LogP contribution in [0.2, 0.25) is 5.02 Å². The van der Waals surface area contributed by atoms with E-state index >= 15 is 0 Å². The monoisotopic (exact) mass is 338 g/mol. The maximum Gasteiger partial charge on any atom is 0.253 e. The van der Waals surface area contributed by atoms with Crippen molar-refractivity contribution in [1.82, 2.24) is 20.5 Å². The largest absolute Gasteiger partial charge is 0.357 e. The van der Waals surface area contributed by atoms with E-state index in [9.17, 15) is 4.79 Å². The summed E-state index contributed by atoms with van der Waals surface area (Å²) < 4.78 is 0. The van der Waals surface area contributed by atoms with E-state index in [-0.39, 0.29) is 11.8 Å². The van der Waals surface area contributed by atoms with Gasteiger partial charge in [0.15, 0.2) is 0 Å². The van der Waals surface area contributed by atoms with E-state index in [0.29, 0.717) is 17.1 Å². The number of nitrogens with zero attached hydrogens (tertiary/aromatic N) is 2. The van der Waals surface area contributed by atoms with Gasteiger partial charge >= 0.3 is 0 Å². The van der Waals surface area contributed by atoms with Crippen LogP contribution >= 0.6 is 11.6 Å². The van der Waals surface area contributed by atoms with E-state index in [0.717, 1.165) is 28.9 Å². The topological polar surface area (TPSA) is 70.7 Å². The molecule has 0 radical (unpaired) electrons. The number of aromatic amines is 1. The maximum absolute atomic E-state index is 12.4. The van der Waals surface area contributed by atoms with Crippen molar-refractivity contribution in [3.63, 3.8) is 0 Å². The SMILES string of the molecule is O=C1NCCC(c2ccc(Cl)cc2)c2[nH]c(-c3ccnnc3)cc21. The van der Waals surface area contributed by atoms with E-state index in [4.69, 9.17) is 11.6 Å². The zero-order chi connectivity index (χ0) is 16.5. The average molecular weight is 339 g/mol. The van der Waals surface area contributed by atoms with Gasteiger partial charge in [-0.3, -0.25) is 4.79 Å². The minimum absolute atomic E-state index is 0.0500. The summed E-state index contributed by atoms with van der Waals surface area (Å²) in [6, 6.07) is 11.5. The van der Waals surface area contributed by atoms with Gasteiger partial charge in [-0.05, 0) is 36.2 Å². The Kier molecular flexibility index (Phi) is 3.78. The summed E-state index contributed by atoms with van der Waals surface area (Å²) in [5.41, 5.74) is 4.52. The molecule has 24 heavy (non-hydrogen) atoms. The molecule has 1 aliphatic heterocycles. The van der Waals surface area contributed by atoms with Crippen molar-refractivity contribution >= 4 is 17.5 Å². The smallest absolute Gasteiger partial charge is 0.253 e. The maximum atomic E-state index is 12.4. The Labute approximate surface area is 144 Å². The second-order valence-electron chi connectivity index (χ2n) is 5.79. The van der Waals surface area contributed by atoms with Crippen molar-refractivity contribution in [1.29, 1.82) is 0 Å². The van der Waals surface area contributed by atoms with Crippen molar-refractivity contribution in [3.8, 4) is 11.3 Å². The predicted octanol–water partition coefficient (Wildman–Crippen LogP) is 3.39. The molecule has 1 atom stereocenters. The van der Waals surface area contributed by atoms with Crippen LogP contribution in [0.15, 0.2) is 48.8 Å². The van der Waals surface area contributed by atoms with Crippen molar-refractivity contribution in [2.75, 3.05) is 6.54 Å². The number of rotatable bonds is 2. The van der Waals surface area contributed by atoms with Gasteiger partial charge in [0.05, 0.1) is 18.0 Å². The fourth-order valence-corrected chi connectivity index (χ4v) is 3.26. The molecule has 0 saturated heterocycles. The van der Waals surface area contributed by atoms with Gasteiger partial charge < -0.3 is 10.3 Å². The molecule has 2 aromatic heterocycles. The third kappa shape index (κ3) is 2.67. The van der Waals surface area contributed by atoms with Crippen LogP contribution in [0, 0.1) is 0 Å². The van der Waals surface area contributed by atoms with Crippen LogP contribution in [0.1, 0.15) is 34.0 Å². The van der Waals surface area contributed by atoms with Crippen LogP contribution in [0.25, 0.3) is 11.3 Å². The lowest BCUT2D eigenvalue weighted by atomic mass is 9.91. The van der Waals surface area contributed by atoms with Gasteiger partial charge in [0, 0.05) is 34.4 Å². The lowest BCUT2D eigenvalue weighted by Gasteiger charge is -2.15. The molecule has 2 N–H and O–H groups in total. The number of carbonyl (C=O) groups excluding carboxylic acids is 1. The van der Waals surface area contributed by atoms with E-state index < -0.39 is 0 Å². The Hall–Kier alpha value is -2.66. The van der Waals surface area contributed by atoms with Crippen LogP contribution in [-0.4, -0.2) is 27.6 Å². The summed E-state index contributed by atoms with van der Waals surface area (Å²) in [4.78, 5) is 15.8. The van der Waals surface area contributed by atoms with Crippen molar-refractivity contribution in [2.45, 2.75) is 12.3 Å². The van der Waals surface area contributed by atoms with Gasteiger partial charge in [0.1, 0.15) is 0 Å². The normalized spacial score (nSPS) is 17.0. The van der Waals surface area contributed by atoms with Gasteiger partial charge in [-0.25, -0.2) is 0 Å². The summed E-state index contributed by atoms with van der Waals surface area (Å²) in [5.74, 6) is 0.0609. The van der Waals surface area contributed by atoms with Crippen LogP contribution < -0.4 is 5.32 Å². The number of fused-ring (bicyclic) bond motifs is 1. The van der Waals surface area contributed by atoms with Crippen molar-refractivity contribution in [2.24, 2.45) is 0 Å². The molecular weight excluding hydrogens is 324 g/mol. The molecule has 1 amide bonds. The number of H-pyrrole nitrogens is 1. The minimum atomic E-state index is -0.0500. The highest BCUT2D eigenvalue weighted by molar-refractivity contribution is 6.30. The Morgan fingerprint density at radius 2 is 1.96 bits per heavy atom. The first kappa shape index (κ1) is 14.9. The number of benzene rings is 1. The zero-order valence-corrected chi connectivity index (χ0v) is 13.5. The van der Waals surface area contributed by atoms with Gasteiger partial charge in [0.2, 0.25) is 0 Å². The molecule has 3 aromatic rings. The van der Waals surface area contributed by atoms with E-state index in [2.05, 4.69) is 20.5 Å². The Morgan fingerprint density at radius 3 is 2.71 bits per heavy atom. The number of hydrogen-bond acceptors (Lipinski definition) is 3. The average Bonchev–Trinajstić information content (AvgIpc) is 2.99. The van der Waals surface area contributed by atoms with Crippen LogP contribution in [-0.2, 0) is 0 Å². The third-order valence-corrected chi connectivity index (χ3v) is 4.58. The zero-order valence-electron chi connectivity index (χ0n) is 12.8. The standard InChI is InChI=1S/C18H15ClN4O/c19-13-3-1-11(2-4-13)14-6-7-20-18(24)15-9-16(23-17(14)15)12-5-8-21-22-10-12/h1-5,8-10,14,23H,6-7H2,(H,20,24). The summed E-state index contributed by atoms with van der Waals surface area (Å²) in [5, 5.41) is 11.4. The molecule has 0 spiro atoms. The number of amides is 1. The van der Waals surface area contributed by atoms with Crippen molar-refractivity contribution < 1.29 is 4.79 Å². The fraction of sp³-hybridized carbons (Fsp3) is 0.167. The molecule has 5 nitrogen and oxygen atoms in total. The molecule has 6 heteroatoms. The van der Waals surface area contributed by atoms with Gasteiger partial charge in [-0.2, -0.15) is 10.2 Å². The molecular formula is C18H15ClN4O. The molecule has 120 valence electrons. The lowest BCUT2D eigenvalue weighted by molar-refractivity contribution is 0.0956. The van der Waals surface area contributed by atoms with Crippen LogP contribution in [0.5, 0.6) is 0 Å². The molecule has 0 bridgehead atoms. The molecule has 3 heterocycles. The third-order valence-electron chi connectivity index (χ3n) is 4.33. The van der Waals surface area contributed by atoms with E-state index in [1.807, 2.05) is 36.4 Å². The second-order valence-corrected chi connectivity index (χ2v) is 6.23. The van der Waals surface area contributed by atoms with Gasteiger partial charge in [0.25, 0.3) is 5.91 Å². The molecule has 0 saturated carbocycles. The molecule has 0 aliphatic carbocycles. The summed E-state index contributed by atoms with van der Waals surface area (Å²) >= 11 is 6.00. The Bertz CT molecular complexity index is 874.